The smallest absolute Gasteiger partial charge is 0.0123 e. The van der Waals surface area contributed by atoms with Gasteiger partial charge in [0.1, 0.15) is 0 Å². The average molecular weight is 634 g/mol. The second-order valence-corrected chi connectivity index (χ2v) is 13.8. The minimum absolute atomic E-state index is 0.967. The number of hydrogen-bond donors (Lipinski definition) is 0. The van der Waals surface area contributed by atoms with Gasteiger partial charge in [-0.15, -0.1) is 23.7 Å². The minimum Gasteiger partial charge on any atom is -0.309 e. The maximum absolute atomic E-state index is 3.40. The molecule has 0 aliphatic carbocycles. The Morgan fingerprint density at radius 1 is 0.435 bits per heavy atom. The van der Waals surface area contributed by atoms with Crippen LogP contribution in [0.3, 0.4) is 0 Å². The highest BCUT2D eigenvalue weighted by Crippen LogP contribution is 2.24. The van der Waals surface area contributed by atoms with Crippen molar-refractivity contribution in [2.45, 2.75) is 200 Å². The third-order valence-electron chi connectivity index (χ3n) is 8.91. The Morgan fingerprint density at radius 2 is 0.891 bits per heavy atom. The molecule has 46 heavy (non-hydrogen) atoms. The molecule has 0 N–H and O–H groups in total. The molecule has 0 aromatic heterocycles. The van der Waals surface area contributed by atoms with E-state index in [1.165, 1.54) is 148 Å². The van der Waals surface area contributed by atoms with Crippen molar-refractivity contribution in [2.75, 3.05) is 20.6 Å². The van der Waals surface area contributed by atoms with E-state index in [1.54, 1.807) is 0 Å². The molecule has 1 heteroatoms. The van der Waals surface area contributed by atoms with Crippen molar-refractivity contribution in [3.8, 4) is 23.7 Å². The van der Waals surface area contributed by atoms with E-state index in [-0.39, 0.29) is 0 Å². The number of allylic oxidation sites excluding steroid dienone is 6. The van der Waals surface area contributed by atoms with E-state index >= 15 is 0 Å². The fraction of sp³-hybridized carbons (Fsp3) is 0.778. The van der Waals surface area contributed by atoms with Gasteiger partial charge < -0.3 is 4.90 Å². The number of unbranched alkanes of at least 4 members (excludes halogenated alkanes) is 18. The van der Waals surface area contributed by atoms with Gasteiger partial charge in [0.2, 0.25) is 0 Å². The molecule has 0 amide bonds. The molecule has 0 bridgehead atoms. The van der Waals surface area contributed by atoms with Gasteiger partial charge in [0.05, 0.1) is 0 Å². The Hall–Kier alpha value is -1.70. The van der Waals surface area contributed by atoms with Gasteiger partial charge >= 0.3 is 0 Å². The van der Waals surface area contributed by atoms with Crippen molar-refractivity contribution in [1.82, 2.24) is 4.90 Å². The molecule has 0 heterocycles. The lowest BCUT2D eigenvalue weighted by atomic mass is 9.89. The lowest BCUT2D eigenvalue weighted by Crippen LogP contribution is -2.12. The maximum atomic E-state index is 3.40. The van der Waals surface area contributed by atoms with Gasteiger partial charge in [-0.1, -0.05) is 153 Å². The number of hydrogen-bond acceptors (Lipinski definition) is 1. The number of nitrogens with zero attached hydrogens (tertiary/aromatic N) is 1. The Balaban J connectivity index is 3.92. The van der Waals surface area contributed by atoms with Crippen LogP contribution in [0.4, 0.5) is 0 Å². The summed E-state index contributed by atoms with van der Waals surface area (Å²) >= 11 is 0. The van der Waals surface area contributed by atoms with Crippen LogP contribution in [0.1, 0.15) is 200 Å². The lowest BCUT2D eigenvalue weighted by Gasteiger charge is -2.17. The third-order valence-corrected chi connectivity index (χ3v) is 8.91. The molecule has 0 spiro atoms. The average Bonchev–Trinajstić information content (AvgIpc) is 3.05. The summed E-state index contributed by atoms with van der Waals surface area (Å²) in [5.41, 5.74) is 0. The van der Waals surface area contributed by atoms with Crippen molar-refractivity contribution < 1.29 is 0 Å². The summed E-state index contributed by atoms with van der Waals surface area (Å²) < 4.78 is 0. The van der Waals surface area contributed by atoms with Gasteiger partial charge in [-0.25, -0.2) is 0 Å². The van der Waals surface area contributed by atoms with Crippen molar-refractivity contribution in [1.29, 1.82) is 0 Å². The van der Waals surface area contributed by atoms with Crippen LogP contribution in [0.15, 0.2) is 36.5 Å². The van der Waals surface area contributed by atoms with Crippen LogP contribution in [0.5, 0.6) is 0 Å². The van der Waals surface area contributed by atoms with Gasteiger partial charge in [-0.05, 0) is 84.3 Å². The van der Waals surface area contributed by atoms with Crippen LogP contribution in [-0.4, -0.2) is 25.5 Å². The first-order chi connectivity index (χ1) is 22.7. The Morgan fingerprint density at radius 3 is 1.46 bits per heavy atom. The molecule has 1 atom stereocenters. The standard InChI is InChI=1S/C45H79N/c1-5-7-9-11-13-15-17-19-21-22-23-25-27-29-31-33-35-38-42-45(43-39-36-40-44-46(3)4)41-37-34-32-30-28-26-24-20-18-16-14-12-10-8-6-2/h14-17,20,24,45H,5-6,8,10-13,18-19,21,25-44H2,1-4H3/b16-14-,17-15-,24-20-. The van der Waals surface area contributed by atoms with Crippen LogP contribution in [-0.2, 0) is 0 Å². The van der Waals surface area contributed by atoms with Crippen molar-refractivity contribution in [3.63, 3.8) is 0 Å². The van der Waals surface area contributed by atoms with E-state index in [2.05, 4.69) is 93.0 Å². The third kappa shape index (κ3) is 38.5. The highest BCUT2D eigenvalue weighted by Gasteiger charge is 2.09. The van der Waals surface area contributed by atoms with E-state index in [9.17, 15) is 0 Å². The van der Waals surface area contributed by atoms with Crippen LogP contribution < -0.4 is 0 Å². The Labute approximate surface area is 290 Å². The Kier molecular flexibility index (Phi) is 38.0. The minimum atomic E-state index is 0.967. The van der Waals surface area contributed by atoms with Crippen LogP contribution >= 0.6 is 0 Å². The molecule has 0 fully saturated rings. The van der Waals surface area contributed by atoms with Crippen LogP contribution in [0.2, 0.25) is 0 Å². The van der Waals surface area contributed by atoms with Crippen LogP contribution in [0, 0.1) is 29.6 Å². The predicted octanol–water partition coefficient (Wildman–Crippen LogP) is 14.2. The lowest BCUT2D eigenvalue weighted by molar-refractivity contribution is 0.352. The predicted molar refractivity (Wildman–Crippen MR) is 210 cm³/mol. The molecule has 0 saturated heterocycles. The molecular weight excluding hydrogens is 555 g/mol. The van der Waals surface area contributed by atoms with E-state index in [0.29, 0.717) is 0 Å². The molecule has 0 saturated carbocycles. The van der Waals surface area contributed by atoms with Crippen molar-refractivity contribution in [3.05, 3.63) is 36.5 Å². The largest absolute Gasteiger partial charge is 0.309 e. The maximum Gasteiger partial charge on any atom is 0.0123 e. The summed E-state index contributed by atoms with van der Waals surface area (Å²) in [6, 6.07) is 0. The van der Waals surface area contributed by atoms with E-state index < -0.39 is 0 Å². The zero-order valence-corrected chi connectivity index (χ0v) is 31.7. The normalized spacial score (nSPS) is 12.3. The zero-order valence-electron chi connectivity index (χ0n) is 31.7. The molecule has 264 valence electrons. The van der Waals surface area contributed by atoms with E-state index in [1.807, 2.05) is 0 Å². The second-order valence-electron chi connectivity index (χ2n) is 13.8. The topological polar surface area (TPSA) is 3.24 Å². The molecule has 0 aliphatic heterocycles. The summed E-state index contributed by atoms with van der Waals surface area (Å²) in [7, 11) is 4.40. The zero-order chi connectivity index (χ0) is 33.4. The fourth-order valence-corrected chi connectivity index (χ4v) is 6.01. The Bertz CT molecular complexity index is 807. The highest BCUT2D eigenvalue weighted by molar-refractivity contribution is 5.02. The quantitative estimate of drug-likeness (QED) is 0.0405. The summed E-state index contributed by atoms with van der Waals surface area (Å²) in [5, 5.41) is 0. The molecule has 1 nitrogen and oxygen atoms in total. The van der Waals surface area contributed by atoms with Gasteiger partial charge in [0.15, 0.2) is 0 Å². The number of rotatable bonds is 32. The summed E-state index contributed by atoms with van der Waals surface area (Å²) in [6.07, 6.45) is 51.9. The summed E-state index contributed by atoms with van der Waals surface area (Å²) in [6.45, 7) is 5.62. The monoisotopic (exact) mass is 634 g/mol. The SMILES string of the molecule is CCC#CCC/C=C\CCC#CCCCCCCCCC(CCCCCCC/C=C\C/C=C\CCCCC)CCCCCN(C)C. The molecule has 0 aliphatic rings. The summed E-state index contributed by atoms with van der Waals surface area (Å²) in [4.78, 5) is 2.33. The fourth-order valence-electron chi connectivity index (χ4n) is 6.01. The first-order valence-corrected chi connectivity index (χ1v) is 20.2. The van der Waals surface area contributed by atoms with E-state index in [0.717, 1.165) is 50.9 Å². The van der Waals surface area contributed by atoms with Crippen molar-refractivity contribution >= 4 is 0 Å². The van der Waals surface area contributed by atoms with Crippen molar-refractivity contribution in [2.24, 2.45) is 5.92 Å². The van der Waals surface area contributed by atoms with Gasteiger partial charge in [-0.2, -0.15) is 0 Å². The molecule has 0 aromatic carbocycles. The molecule has 0 aromatic rings. The second kappa shape index (κ2) is 39.5. The van der Waals surface area contributed by atoms with E-state index in [4.69, 9.17) is 0 Å². The molecule has 0 radical (unpaired) electrons. The molecular formula is C45H79N. The van der Waals surface area contributed by atoms with Crippen LogP contribution in [0.25, 0.3) is 0 Å². The summed E-state index contributed by atoms with van der Waals surface area (Å²) in [5.74, 6) is 14.0. The highest BCUT2D eigenvalue weighted by atomic mass is 15.0. The molecule has 1 unspecified atom stereocenters. The van der Waals surface area contributed by atoms with Gasteiger partial charge in [0, 0.05) is 25.7 Å². The molecule has 0 rings (SSSR count). The first-order valence-electron chi connectivity index (χ1n) is 20.2. The first kappa shape index (κ1) is 44.3. The van der Waals surface area contributed by atoms with Gasteiger partial charge in [0.25, 0.3) is 0 Å². The van der Waals surface area contributed by atoms with Gasteiger partial charge in [-0.3, -0.25) is 0 Å².